The Morgan fingerprint density at radius 2 is 2.08 bits per heavy atom. The van der Waals surface area contributed by atoms with E-state index in [2.05, 4.69) is 33.4 Å². The van der Waals surface area contributed by atoms with Crippen molar-refractivity contribution in [2.45, 2.75) is 38.5 Å². The van der Waals surface area contributed by atoms with Crippen molar-refractivity contribution in [3.63, 3.8) is 0 Å². The second-order valence-corrected chi connectivity index (χ2v) is 6.95. The molecule has 1 saturated heterocycles. The van der Waals surface area contributed by atoms with E-state index < -0.39 is 0 Å². The summed E-state index contributed by atoms with van der Waals surface area (Å²) in [4.78, 5) is 18.3. The number of likely N-dealkylation sites (tertiary alicyclic amines) is 1. The van der Waals surface area contributed by atoms with E-state index in [1.165, 1.54) is 37.9 Å². The van der Waals surface area contributed by atoms with Gasteiger partial charge >= 0.3 is 0 Å². The number of carbonyl (C=O) groups excluding carboxylic acids is 1. The zero-order chi connectivity index (χ0) is 18.0. The normalized spacial score (nSPS) is 19.5. The molecule has 0 atom stereocenters. The van der Waals surface area contributed by atoms with Crippen molar-refractivity contribution in [3.8, 4) is 5.75 Å². The quantitative estimate of drug-likeness (QED) is 0.729. The van der Waals surface area contributed by atoms with Crippen LogP contribution >= 0.6 is 0 Å². The highest BCUT2D eigenvalue weighted by Crippen LogP contribution is 2.15. The molecule has 1 aromatic rings. The van der Waals surface area contributed by atoms with Crippen LogP contribution in [0.5, 0.6) is 5.75 Å². The van der Waals surface area contributed by atoms with E-state index in [1.54, 1.807) is 12.3 Å². The molecule has 1 N–H and O–H groups in total. The molecule has 2 aliphatic heterocycles. The Hall–Kier alpha value is -2.14. The molecule has 0 amide bonds. The Labute approximate surface area is 156 Å². The van der Waals surface area contributed by atoms with Gasteiger partial charge in [-0.15, -0.1) is 0 Å². The SMILES string of the molecule is O=C1C=CNC(=NCCCOc2cccc(CCN3CCCCC3)c2)C1. The monoisotopic (exact) mass is 355 g/mol. The van der Waals surface area contributed by atoms with Gasteiger partial charge in [-0.3, -0.25) is 9.79 Å². The van der Waals surface area contributed by atoms with Gasteiger partial charge in [-0.1, -0.05) is 18.6 Å². The molecule has 5 nitrogen and oxygen atoms in total. The number of amidine groups is 1. The molecule has 0 radical (unpaired) electrons. The lowest BCUT2D eigenvalue weighted by atomic mass is 10.1. The first-order valence-corrected chi connectivity index (χ1v) is 9.73. The van der Waals surface area contributed by atoms with Gasteiger partial charge in [-0.25, -0.2) is 0 Å². The largest absolute Gasteiger partial charge is 0.494 e. The smallest absolute Gasteiger partial charge is 0.164 e. The van der Waals surface area contributed by atoms with Gasteiger partial charge in [0.25, 0.3) is 0 Å². The number of rotatable bonds is 8. The van der Waals surface area contributed by atoms with Crippen molar-refractivity contribution in [2.24, 2.45) is 4.99 Å². The van der Waals surface area contributed by atoms with E-state index in [0.717, 1.165) is 31.0 Å². The van der Waals surface area contributed by atoms with Gasteiger partial charge < -0.3 is 15.0 Å². The van der Waals surface area contributed by atoms with Crippen LogP contribution in [0.1, 0.15) is 37.7 Å². The third-order valence-corrected chi connectivity index (χ3v) is 4.80. The standard InChI is InChI=1S/C21H29N3O2/c25-19-8-11-23-21(17-19)22-10-5-15-26-20-7-4-6-18(16-20)9-14-24-12-2-1-3-13-24/h4,6-8,11,16H,1-3,5,9-10,12-15,17H2,(H,22,23). The zero-order valence-corrected chi connectivity index (χ0v) is 15.5. The zero-order valence-electron chi connectivity index (χ0n) is 15.5. The summed E-state index contributed by atoms with van der Waals surface area (Å²) in [5, 5.41) is 3.01. The highest BCUT2D eigenvalue weighted by molar-refractivity contribution is 6.08. The molecule has 5 heteroatoms. The minimum atomic E-state index is 0.0973. The maximum absolute atomic E-state index is 11.3. The number of piperidine rings is 1. The number of allylic oxidation sites excluding steroid dienone is 1. The lowest BCUT2D eigenvalue weighted by molar-refractivity contribution is -0.113. The molecule has 0 aliphatic carbocycles. The lowest BCUT2D eigenvalue weighted by Crippen LogP contribution is -2.31. The molecule has 1 aromatic carbocycles. The maximum atomic E-state index is 11.3. The van der Waals surface area contributed by atoms with Gasteiger partial charge in [-0.05, 0) is 56.1 Å². The Kier molecular flexibility index (Phi) is 7.25. The molecular formula is C21H29N3O2. The van der Waals surface area contributed by atoms with Crippen LogP contribution in [0.3, 0.4) is 0 Å². The second-order valence-electron chi connectivity index (χ2n) is 6.95. The molecule has 140 valence electrons. The van der Waals surface area contributed by atoms with Gasteiger partial charge in [0.15, 0.2) is 5.78 Å². The Bertz CT molecular complexity index is 648. The van der Waals surface area contributed by atoms with Crippen molar-refractivity contribution in [3.05, 3.63) is 42.1 Å². The minimum Gasteiger partial charge on any atom is -0.494 e. The molecule has 2 aliphatic rings. The van der Waals surface area contributed by atoms with E-state index in [-0.39, 0.29) is 5.78 Å². The van der Waals surface area contributed by atoms with E-state index >= 15 is 0 Å². The van der Waals surface area contributed by atoms with E-state index in [4.69, 9.17) is 4.74 Å². The van der Waals surface area contributed by atoms with Gasteiger partial charge in [0, 0.05) is 25.7 Å². The fraction of sp³-hybridized carbons (Fsp3) is 0.524. The highest BCUT2D eigenvalue weighted by atomic mass is 16.5. The summed E-state index contributed by atoms with van der Waals surface area (Å²) in [7, 11) is 0. The Balaban J connectivity index is 1.36. The maximum Gasteiger partial charge on any atom is 0.164 e. The number of hydrogen-bond acceptors (Lipinski definition) is 4. The topological polar surface area (TPSA) is 53.9 Å². The van der Waals surface area contributed by atoms with Gasteiger partial charge in [-0.2, -0.15) is 0 Å². The van der Waals surface area contributed by atoms with Crippen LogP contribution in [0.25, 0.3) is 0 Å². The predicted octanol–water partition coefficient (Wildman–Crippen LogP) is 2.96. The van der Waals surface area contributed by atoms with Crippen molar-refractivity contribution < 1.29 is 9.53 Å². The molecule has 0 spiro atoms. The third-order valence-electron chi connectivity index (χ3n) is 4.80. The minimum absolute atomic E-state index is 0.0973. The van der Waals surface area contributed by atoms with Crippen LogP contribution in [0, 0.1) is 0 Å². The second kappa shape index (κ2) is 10.1. The molecular weight excluding hydrogens is 326 g/mol. The number of aliphatic imine (C=N–C) groups is 1. The van der Waals surface area contributed by atoms with Crippen molar-refractivity contribution in [1.82, 2.24) is 10.2 Å². The van der Waals surface area contributed by atoms with Crippen LogP contribution < -0.4 is 10.1 Å². The van der Waals surface area contributed by atoms with Crippen molar-refractivity contribution >= 4 is 11.6 Å². The third kappa shape index (κ3) is 6.30. The number of carbonyl (C=O) groups is 1. The molecule has 3 rings (SSSR count). The first kappa shape index (κ1) is 18.6. The number of hydrogen-bond donors (Lipinski definition) is 1. The van der Waals surface area contributed by atoms with Crippen LogP contribution in [0.2, 0.25) is 0 Å². The van der Waals surface area contributed by atoms with E-state index in [0.29, 0.717) is 19.6 Å². The van der Waals surface area contributed by atoms with E-state index in [1.807, 2.05) is 6.07 Å². The Morgan fingerprint density at radius 1 is 1.19 bits per heavy atom. The average molecular weight is 355 g/mol. The first-order valence-electron chi connectivity index (χ1n) is 9.73. The van der Waals surface area contributed by atoms with Crippen molar-refractivity contribution in [1.29, 1.82) is 0 Å². The molecule has 2 heterocycles. The van der Waals surface area contributed by atoms with Crippen LogP contribution in [-0.4, -0.2) is 49.3 Å². The number of nitrogens with zero attached hydrogens (tertiary/aromatic N) is 2. The molecule has 0 aromatic heterocycles. The number of ether oxygens (including phenoxy) is 1. The van der Waals surface area contributed by atoms with Crippen LogP contribution in [0.15, 0.2) is 41.5 Å². The number of nitrogens with one attached hydrogen (secondary N) is 1. The van der Waals surface area contributed by atoms with E-state index in [9.17, 15) is 4.79 Å². The first-order chi connectivity index (χ1) is 12.8. The number of ketones is 1. The average Bonchev–Trinajstić information content (AvgIpc) is 2.67. The fourth-order valence-electron chi connectivity index (χ4n) is 3.34. The fourth-order valence-corrected chi connectivity index (χ4v) is 3.34. The summed E-state index contributed by atoms with van der Waals surface area (Å²) < 4.78 is 5.86. The highest BCUT2D eigenvalue weighted by Gasteiger charge is 2.10. The molecule has 0 saturated carbocycles. The summed E-state index contributed by atoms with van der Waals surface area (Å²) >= 11 is 0. The number of benzene rings is 1. The summed E-state index contributed by atoms with van der Waals surface area (Å²) in [5.41, 5.74) is 1.34. The summed E-state index contributed by atoms with van der Waals surface area (Å²) in [6.07, 6.45) is 9.54. The van der Waals surface area contributed by atoms with Gasteiger partial charge in [0.2, 0.25) is 0 Å². The van der Waals surface area contributed by atoms with Crippen LogP contribution in [-0.2, 0) is 11.2 Å². The molecule has 0 unspecified atom stereocenters. The Morgan fingerprint density at radius 3 is 2.92 bits per heavy atom. The molecule has 1 fully saturated rings. The molecule has 0 bridgehead atoms. The predicted molar refractivity (Wildman–Crippen MR) is 105 cm³/mol. The van der Waals surface area contributed by atoms with Gasteiger partial charge in [0.1, 0.15) is 11.6 Å². The van der Waals surface area contributed by atoms with Gasteiger partial charge in [0.05, 0.1) is 13.0 Å². The summed E-state index contributed by atoms with van der Waals surface area (Å²) in [6, 6.07) is 8.43. The lowest BCUT2D eigenvalue weighted by Gasteiger charge is -2.26. The molecule has 26 heavy (non-hydrogen) atoms. The van der Waals surface area contributed by atoms with Crippen molar-refractivity contribution in [2.75, 3.05) is 32.8 Å². The summed E-state index contributed by atoms with van der Waals surface area (Å²) in [6.45, 7) is 4.93. The summed E-state index contributed by atoms with van der Waals surface area (Å²) in [5.74, 6) is 1.78. The van der Waals surface area contributed by atoms with Crippen LogP contribution in [0.4, 0.5) is 0 Å².